The number of halogens is 3. The van der Waals surface area contributed by atoms with Crippen LogP contribution in [0, 0.1) is 21.5 Å². The van der Waals surface area contributed by atoms with Gasteiger partial charge in [0, 0.05) is 0 Å². The van der Waals surface area contributed by atoms with Crippen LogP contribution < -0.4 is 26.8 Å². The van der Waals surface area contributed by atoms with Crippen molar-refractivity contribution in [3.63, 3.8) is 0 Å². The monoisotopic (exact) mass is 436 g/mol. The van der Waals surface area contributed by atoms with Crippen molar-refractivity contribution < 1.29 is 35.9 Å². The van der Waals surface area contributed by atoms with Crippen LogP contribution in [0.25, 0.3) is 0 Å². The van der Waals surface area contributed by atoms with Crippen LogP contribution in [0.4, 0.5) is 10.1 Å². The Morgan fingerprint density at radius 1 is 1.36 bits per heavy atom. The Morgan fingerprint density at radius 2 is 2.09 bits per heavy atom. The van der Waals surface area contributed by atoms with Gasteiger partial charge in [0.25, 0.3) is 0 Å². The van der Waals surface area contributed by atoms with Crippen LogP contribution >= 0.6 is 11.6 Å². The van der Waals surface area contributed by atoms with Crippen molar-refractivity contribution in [3.8, 4) is 0 Å². The average Bonchev–Trinajstić information content (AvgIpc) is 2.43. The van der Waals surface area contributed by atoms with Gasteiger partial charge in [0.1, 0.15) is 0 Å². The molecule has 2 aromatic rings. The number of hydrogen-bond donors (Lipinski definition) is 2. The number of hydrogen-bond acceptors (Lipinski definition) is 4. The Balaban J connectivity index is 2.25. The van der Waals surface area contributed by atoms with Gasteiger partial charge in [0.15, 0.2) is 0 Å². The molecule has 22 heavy (non-hydrogen) atoms. The first-order valence-electron chi connectivity index (χ1n) is 6.05. The molecule has 1 amide bonds. The SMILES string of the molecule is Cc1cc(F)ccc1NC(=O)c1cc([I-]N([O-])O)ccc1Cl. The number of rotatable bonds is 4. The molecular formula is C14H11ClFIN2O3-2. The molecule has 118 valence electrons. The van der Waals surface area contributed by atoms with Gasteiger partial charge in [-0.25, -0.2) is 0 Å². The molecule has 0 bridgehead atoms. The first-order chi connectivity index (χ1) is 10.4. The summed E-state index contributed by atoms with van der Waals surface area (Å²) >= 11 is 4.68. The van der Waals surface area contributed by atoms with Crippen LogP contribution in [-0.2, 0) is 0 Å². The van der Waals surface area contributed by atoms with Gasteiger partial charge >= 0.3 is 142 Å². The van der Waals surface area contributed by atoms with Gasteiger partial charge in [-0.1, -0.05) is 0 Å². The molecule has 0 aliphatic carbocycles. The molecule has 2 aromatic carbocycles. The van der Waals surface area contributed by atoms with E-state index in [1.54, 1.807) is 13.0 Å². The van der Waals surface area contributed by atoms with Crippen molar-refractivity contribution >= 4 is 23.2 Å². The standard InChI is InChI=1S/C14H11ClFIN2O3/c1-8-6-9(16)2-5-13(8)18-14(20)11-7-10(17-19(21)22)3-4-12(11)15/h2-7,21H,1H3,(H,18,20)/q-2. The van der Waals surface area contributed by atoms with Gasteiger partial charge < -0.3 is 0 Å². The average molecular weight is 437 g/mol. The molecular weight excluding hydrogens is 426 g/mol. The van der Waals surface area contributed by atoms with Crippen molar-refractivity contribution in [2.75, 3.05) is 5.32 Å². The Hall–Kier alpha value is -1.26. The third-order valence-electron chi connectivity index (χ3n) is 2.78. The minimum atomic E-state index is -1.31. The van der Waals surface area contributed by atoms with E-state index in [1.165, 1.54) is 30.3 Å². The summed E-state index contributed by atoms with van der Waals surface area (Å²) in [5.41, 5.74) is 1.23. The van der Waals surface area contributed by atoms with Gasteiger partial charge in [-0.05, 0) is 0 Å². The molecule has 0 radical (unpaired) electrons. The minimum absolute atomic E-state index is 0.131. The van der Waals surface area contributed by atoms with Crippen molar-refractivity contribution in [2.24, 2.45) is 0 Å². The van der Waals surface area contributed by atoms with Gasteiger partial charge in [0.2, 0.25) is 0 Å². The third kappa shape index (κ3) is 4.37. The fraction of sp³-hybridized carbons (Fsp3) is 0.0714. The number of nitrogens with zero attached hydrogens (tertiary/aromatic N) is 1. The molecule has 8 heteroatoms. The van der Waals surface area contributed by atoms with E-state index in [0.29, 0.717) is 14.8 Å². The summed E-state index contributed by atoms with van der Waals surface area (Å²) in [4.78, 5) is 12.3. The van der Waals surface area contributed by atoms with Crippen LogP contribution in [-0.4, -0.2) is 14.6 Å². The third-order valence-corrected chi connectivity index (χ3v) is 4.75. The number of amides is 1. The Labute approximate surface area is 141 Å². The number of benzene rings is 2. The van der Waals surface area contributed by atoms with E-state index >= 15 is 0 Å². The summed E-state index contributed by atoms with van der Waals surface area (Å²) in [6.07, 6.45) is 0. The second-order valence-corrected chi connectivity index (χ2v) is 7.31. The summed E-state index contributed by atoms with van der Waals surface area (Å²) in [5.74, 6) is -0.861. The predicted octanol–water partition coefficient (Wildman–Crippen LogP) is 0.402. The van der Waals surface area contributed by atoms with E-state index in [9.17, 15) is 14.4 Å². The Kier molecular flexibility index (Phi) is 5.70. The number of carbonyl (C=O) groups is 1. The molecule has 2 rings (SSSR count). The van der Waals surface area contributed by atoms with E-state index in [-0.39, 0.29) is 14.0 Å². The fourth-order valence-electron chi connectivity index (χ4n) is 1.76. The number of nitrogens with one attached hydrogen (secondary N) is 1. The first kappa shape index (κ1) is 17.1. The van der Waals surface area contributed by atoms with Gasteiger partial charge in [0.05, 0.1) is 0 Å². The molecule has 0 atom stereocenters. The molecule has 0 aliphatic heterocycles. The molecule has 0 fully saturated rings. The van der Waals surface area contributed by atoms with E-state index < -0.39 is 33.2 Å². The molecule has 0 heterocycles. The van der Waals surface area contributed by atoms with Crippen LogP contribution in [0.1, 0.15) is 15.9 Å². The Morgan fingerprint density at radius 3 is 2.73 bits per heavy atom. The molecule has 0 aliphatic rings. The van der Waals surface area contributed by atoms with Crippen LogP contribution in [0.2, 0.25) is 5.02 Å². The van der Waals surface area contributed by atoms with Crippen molar-refractivity contribution in [2.45, 2.75) is 6.92 Å². The maximum atomic E-state index is 13.1. The predicted molar refractivity (Wildman–Crippen MR) is 76.2 cm³/mol. The quantitative estimate of drug-likeness (QED) is 0.413. The zero-order valence-corrected chi connectivity index (χ0v) is 14.2. The number of aryl methyl sites for hydroxylation is 1. The molecule has 0 spiro atoms. The Bertz CT molecular complexity index is 712. The van der Waals surface area contributed by atoms with Gasteiger partial charge in [-0.15, -0.1) is 0 Å². The van der Waals surface area contributed by atoms with Crippen LogP contribution in [0.15, 0.2) is 36.4 Å². The van der Waals surface area contributed by atoms with Gasteiger partial charge in [-0.2, -0.15) is 0 Å². The zero-order chi connectivity index (χ0) is 16.3. The summed E-state index contributed by atoms with van der Waals surface area (Å²) in [7, 11) is 0. The second-order valence-electron chi connectivity index (χ2n) is 4.35. The molecule has 0 unspecified atom stereocenters. The van der Waals surface area contributed by atoms with Crippen molar-refractivity contribution in [1.29, 1.82) is 0 Å². The van der Waals surface area contributed by atoms with Crippen molar-refractivity contribution in [1.82, 2.24) is 3.44 Å². The molecule has 0 aromatic heterocycles. The van der Waals surface area contributed by atoms with Crippen LogP contribution in [0.5, 0.6) is 0 Å². The normalized spacial score (nSPS) is 11.0. The zero-order valence-electron chi connectivity index (χ0n) is 11.3. The summed E-state index contributed by atoms with van der Waals surface area (Å²) in [6.45, 7) is 1.67. The second kappa shape index (κ2) is 7.34. The summed E-state index contributed by atoms with van der Waals surface area (Å²) in [5, 5.41) is 22.3. The van der Waals surface area contributed by atoms with Crippen LogP contribution in [0.3, 0.4) is 0 Å². The molecule has 2 N–H and O–H groups in total. The fourth-order valence-corrected chi connectivity index (χ4v) is 3.24. The summed E-state index contributed by atoms with van der Waals surface area (Å²) in [6, 6.07) is 8.54. The first-order valence-corrected chi connectivity index (χ1v) is 8.47. The van der Waals surface area contributed by atoms with Gasteiger partial charge in [-0.3, -0.25) is 0 Å². The molecule has 0 saturated heterocycles. The van der Waals surface area contributed by atoms with Crippen molar-refractivity contribution in [3.05, 3.63) is 67.1 Å². The topological polar surface area (TPSA) is 75.6 Å². The molecule has 5 nitrogen and oxygen atoms in total. The van der Waals surface area contributed by atoms with E-state index in [1.807, 2.05) is 0 Å². The van der Waals surface area contributed by atoms with E-state index in [2.05, 4.69) is 5.32 Å². The maximum absolute atomic E-state index is 13.1. The number of carbonyl (C=O) groups excluding carboxylic acids is 1. The van der Waals surface area contributed by atoms with E-state index in [4.69, 9.17) is 16.8 Å². The molecule has 0 saturated carbocycles. The summed E-state index contributed by atoms with van der Waals surface area (Å²) < 4.78 is 13.5. The number of anilines is 1. The van der Waals surface area contributed by atoms with E-state index in [0.717, 1.165) is 0 Å².